The van der Waals surface area contributed by atoms with Gasteiger partial charge in [-0.15, -0.1) is 0 Å². The number of hydrogen-bond donors (Lipinski definition) is 1. The summed E-state index contributed by atoms with van der Waals surface area (Å²) in [5.74, 6) is 0.542. The van der Waals surface area contributed by atoms with Crippen LogP contribution in [-0.2, 0) is 11.2 Å². The van der Waals surface area contributed by atoms with E-state index in [1.165, 1.54) is 16.7 Å². The van der Waals surface area contributed by atoms with E-state index in [0.29, 0.717) is 25.1 Å². The molecule has 2 amide bonds. The fourth-order valence-corrected chi connectivity index (χ4v) is 2.48. The number of carbonyl (C=O) groups excluding carboxylic acids is 2. The first kappa shape index (κ1) is 12.0. The van der Waals surface area contributed by atoms with Gasteiger partial charge in [0, 0.05) is 24.4 Å². The second kappa shape index (κ2) is 5.23. The van der Waals surface area contributed by atoms with Gasteiger partial charge in [-0.2, -0.15) is 0 Å². The van der Waals surface area contributed by atoms with E-state index < -0.39 is 0 Å². The van der Waals surface area contributed by atoms with Gasteiger partial charge in [0.1, 0.15) is 0 Å². The molecular weight excluding hydrogens is 236 g/mol. The highest BCUT2D eigenvalue weighted by Gasteiger charge is 2.25. The molecule has 1 aromatic carbocycles. The predicted molar refractivity (Wildman–Crippen MR) is 68.7 cm³/mol. The van der Waals surface area contributed by atoms with Crippen LogP contribution in [0.2, 0.25) is 0 Å². The number of hydrogen-bond acceptors (Lipinski definition) is 4. The molecule has 0 bridgehead atoms. The Morgan fingerprint density at radius 2 is 1.94 bits per heavy atom. The summed E-state index contributed by atoms with van der Waals surface area (Å²) in [4.78, 5) is 24.4. The highest BCUT2D eigenvalue weighted by molar-refractivity contribution is 8.13. The molecule has 4 nitrogen and oxygen atoms in total. The summed E-state index contributed by atoms with van der Waals surface area (Å²) in [6.45, 7) is 0.453. The van der Waals surface area contributed by atoms with E-state index in [1.54, 1.807) is 0 Å². The molecule has 2 N–H and O–H groups in total. The topological polar surface area (TPSA) is 63.4 Å². The number of anilines is 1. The van der Waals surface area contributed by atoms with E-state index in [-0.39, 0.29) is 11.1 Å². The van der Waals surface area contributed by atoms with E-state index in [2.05, 4.69) is 0 Å². The van der Waals surface area contributed by atoms with Crippen molar-refractivity contribution >= 4 is 28.6 Å². The number of nitrogens with zero attached hydrogens (tertiary/aromatic N) is 1. The Morgan fingerprint density at radius 1 is 1.24 bits per heavy atom. The van der Waals surface area contributed by atoms with Crippen LogP contribution in [-0.4, -0.2) is 28.3 Å². The zero-order valence-corrected chi connectivity index (χ0v) is 10.2. The van der Waals surface area contributed by atoms with Crippen LogP contribution in [0.15, 0.2) is 24.3 Å². The molecular formula is C12H14N2O2S. The van der Waals surface area contributed by atoms with E-state index >= 15 is 0 Å². The van der Waals surface area contributed by atoms with Gasteiger partial charge in [-0.05, 0) is 24.1 Å². The molecule has 1 heterocycles. The fourth-order valence-electron chi connectivity index (χ4n) is 1.68. The van der Waals surface area contributed by atoms with Crippen LogP contribution in [0.4, 0.5) is 10.5 Å². The maximum Gasteiger partial charge on any atom is 0.288 e. The molecule has 1 aromatic rings. The first-order valence-corrected chi connectivity index (χ1v) is 6.47. The Kier molecular flexibility index (Phi) is 3.68. The first-order chi connectivity index (χ1) is 8.16. The molecule has 90 valence electrons. The quantitative estimate of drug-likeness (QED) is 0.832. The fraction of sp³-hybridized carbons (Fsp3) is 0.333. The molecule has 1 fully saturated rings. The molecule has 1 aliphatic rings. The number of imide groups is 1. The van der Waals surface area contributed by atoms with Crippen molar-refractivity contribution in [2.75, 3.05) is 18.0 Å². The van der Waals surface area contributed by atoms with E-state index in [9.17, 15) is 9.59 Å². The highest BCUT2D eigenvalue weighted by atomic mass is 32.2. The van der Waals surface area contributed by atoms with Crippen LogP contribution in [0.1, 0.15) is 12.0 Å². The number of amides is 2. The minimum atomic E-state index is -0.128. The van der Waals surface area contributed by atoms with Gasteiger partial charge in [0.25, 0.3) is 5.24 Å². The van der Waals surface area contributed by atoms with Crippen molar-refractivity contribution in [3.8, 4) is 0 Å². The lowest BCUT2D eigenvalue weighted by Gasteiger charge is -2.23. The van der Waals surface area contributed by atoms with Gasteiger partial charge >= 0.3 is 0 Å². The van der Waals surface area contributed by atoms with E-state index in [1.807, 2.05) is 24.3 Å². The van der Waals surface area contributed by atoms with Crippen molar-refractivity contribution in [2.45, 2.75) is 12.8 Å². The second-order valence-corrected chi connectivity index (χ2v) is 4.95. The van der Waals surface area contributed by atoms with Crippen molar-refractivity contribution in [1.29, 1.82) is 0 Å². The van der Waals surface area contributed by atoms with Crippen LogP contribution in [0.25, 0.3) is 0 Å². The van der Waals surface area contributed by atoms with E-state index in [0.717, 1.165) is 11.3 Å². The van der Waals surface area contributed by atoms with Gasteiger partial charge in [-0.25, -0.2) is 0 Å². The lowest BCUT2D eigenvalue weighted by atomic mass is 10.1. The lowest BCUT2D eigenvalue weighted by Crippen LogP contribution is -2.39. The van der Waals surface area contributed by atoms with Gasteiger partial charge in [-0.1, -0.05) is 23.9 Å². The average molecular weight is 250 g/mol. The van der Waals surface area contributed by atoms with Crippen molar-refractivity contribution in [2.24, 2.45) is 0 Å². The molecule has 0 aromatic heterocycles. The summed E-state index contributed by atoms with van der Waals surface area (Å²) >= 11 is 1.21. The summed E-state index contributed by atoms with van der Waals surface area (Å²) in [6.07, 6.45) is 1.14. The lowest BCUT2D eigenvalue weighted by molar-refractivity contribution is -0.127. The summed E-state index contributed by atoms with van der Waals surface area (Å²) < 4.78 is 0. The maximum absolute atomic E-state index is 11.6. The van der Waals surface area contributed by atoms with Crippen LogP contribution in [0, 0.1) is 0 Å². The van der Waals surface area contributed by atoms with Crippen LogP contribution < -0.4 is 5.73 Å². The summed E-state index contributed by atoms with van der Waals surface area (Å²) in [5.41, 5.74) is 7.38. The molecule has 0 unspecified atom stereocenters. The Labute approximate surface area is 104 Å². The number of nitrogen functional groups attached to an aromatic ring is 1. The van der Waals surface area contributed by atoms with Gasteiger partial charge < -0.3 is 5.73 Å². The maximum atomic E-state index is 11.6. The molecule has 0 aliphatic carbocycles. The second-order valence-electron chi connectivity index (χ2n) is 3.90. The van der Waals surface area contributed by atoms with E-state index in [4.69, 9.17) is 5.73 Å². The third-order valence-corrected chi connectivity index (χ3v) is 3.54. The number of thioether (sulfide) groups is 1. The largest absolute Gasteiger partial charge is 0.399 e. The van der Waals surface area contributed by atoms with Crippen LogP contribution in [0.3, 0.4) is 0 Å². The van der Waals surface area contributed by atoms with Gasteiger partial charge in [-0.3, -0.25) is 14.5 Å². The Bertz CT molecular complexity index is 415. The number of nitrogens with two attached hydrogens (primary N) is 1. The average Bonchev–Trinajstić information content (AvgIpc) is 2.31. The molecule has 1 aliphatic heterocycles. The summed E-state index contributed by atoms with van der Waals surface area (Å²) in [6, 6.07) is 7.48. The zero-order chi connectivity index (χ0) is 12.3. The smallest absolute Gasteiger partial charge is 0.288 e. The molecule has 17 heavy (non-hydrogen) atoms. The minimum Gasteiger partial charge on any atom is -0.399 e. The highest BCUT2D eigenvalue weighted by Crippen LogP contribution is 2.18. The minimum absolute atomic E-state index is 0.0656. The number of benzene rings is 1. The Balaban J connectivity index is 1.95. The molecule has 2 rings (SSSR count). The summed E-state index contributed by atoms with van der Waals surface area (Å²) in [7, 11) is 0. The van der Waals surface area contributed by atoms with Crippen LogP contribution >= 0.6 is 11.8 Å². The first-order valence-electron chi connectivity index (χ1n) is 5.48. The summed E-state index contributed by atoms with van der Waals surface area (Å²) in [5, 5.41) is -0.128. The molecule has 0 saturated carbocycles. The molecule has 1 saturated heterocycles. The molecule has 0 atom stereocenters. The zero-order valence-electron chi connectivity index (χ0n) is 9.39. The van der Waals surface area contributed by atoms with Crippen molar-refractivity contribution in [3.63, 3.8) is 0 Å². The normalized spacial score (nSPS) is 16.4. The van der Waals surface area contributed by atoms with Crippen molar-refractivity contribution < 1.29 is 9.59 Å². The van der Waals surface area contributed by atoms with Crippen LogP contribution in [0.5, 0.6) is 0 Å². The monoisotopic (exact) mass is 250 g/mol. The van der Waals surface area contributed by atoms with Gasteiger partial charge in [0.05, 0.1) is 0 Å². The van der Waals surface area contributed by atoms with Crippen molar-refractivity contribution in [1.82, 2.24) is 4.90 Å². The third-order valence-electron chi connectivity index (χ3n) is 2.67. The molecule has 5 heteroatoms. The third kappa shape index (κ3) is 3.00. The number of carbonyl (C=O) groups is 2. The predicted octanol–water partition coefficient (Wildman–Crippen LogP) is 1.90. The Hall–Kier alpha value is -1.49. The number of rotatable bonds is 3. The van der Waals surface area contributed by atoms with Gasteiger partial charge in [0.15, 0.2) is 0 Å². The molecule has 0 radical (unpaired) electrons. The molecule has 0 spiro atoms. The van der Waals surface area contributed by atoms with Crippen molar-refractivity contribution in [3.05, 3.63) is 29.8 Å². The SMILES string of the molecule is Nc1ccc(CCN2C(=O)CCSC2=O)cc1. The standard InChI is InChI=1S/C12H14N2O2S/c13-10-3-1-9(2-4-10)5-7-14-11(15)6-8-17-12(14)16/h1-4H,5-8,13H2. The van der Waals surface area contributed by atoms with Gasteiger partial charge in [0.2, 0.25) is 5.91 Å². The Morgan fingerprint density at radius 3 is 2.59 bits per heavy atom.